The molecule has 1 N–H and O–H groups in total. The van der Waals surface area contributed by atoms with E-state index in [0.29, 0.717) is 12.2 Å². The molecule has 1 heterocycles. The van der Waals surface area contributed by atoms with Crippen molar-refractivity contribution in [3.8, 4) is 6.07 Å². The largest absolute Gasteiger partial charge is 0.347 e. The van der Waals surface area contributed by atoms with E-state index in [-0.39, 0.29) is 11.9 Å². The van der Waals surface area contributed by atoms with Gasteiger partial charge in [0, 0.05) is 33.4 Å². The molecule has 1 unspecified atom stereocenters. The second-order valence-electron chi connectivity index (χ2n) is 4.65. The molecule has 0 saturated carbocycles. The van der Waals surface area contributed by atoms with E-state index in [2.05, 4.69) is 11.4 Å². The third kappa shape index (κ3) is 2.90. The van der Waals surface area contributed by atoms with Crippen LogP contribution in [0.2, 0.25) is 0 Å². The molecule has 0 aliphatic heterocycles. The minimum atomic E-state index is -0.231. The highest BCUT2D eigenvalue weighted by Crippen LogP contribution is 2.13. The molecule has 1 amide bonds. The van der Waals surface area contributed by atoms with Crippen molar-refractivity contribution in [2.45, 2.75) is 26.4 Å². The van der Waals surface area contributed by atoms with E-state index in [4.69, 9.17) is 5.26 Å². The fourth-order valence-electron chi connectivity index (χ4n) is 1.79. The summed E-state index contributed by atoms with van der Waals surface area (Å²) in [5.74, 6) is 0.0455. The van der Waals surface area contributed by atoms with Gasteiger partial charge in [0.25, 0.3) is 0 Å². The van der Waals surface area contributed by atoms with Crippen LogP contribution in [0.5, 0.6) is 0 Å². The minimum absolute atomic E-state index is 0.0455. The number of amides is 1. The van der Waals surface area contributed by atoms with E-state index in [1.807, 2.05) is 31.5 Å². The first kappa shape index (κ1) is 14.3. The van der Waals surface area contributed by atoms with Crippen LogP contribution in [-0.2, 0) is 18.4 Å². The highest BCUT2D eigenvalue weighted by Gasteiger charge is 2.15. The third-order valence-corrected chi connectivity index (χ3v) is 3.16. The van der Waals surface area contributed by atoms with E-state index in [9.17, 15) is 4.79 Å². The quantitative estimate of drug-likeness (QED) is 0.856. The fraction of sp³-hybridized carbons (Fsp3) is 0.538. The molecular formula is C13H20N4O. The van der Waals surface area contributed by atoms with Crippen LogP contribution >= 0.6 is 0 Å². The zero-order valence-electron chi connectivity index (χ0n) is 11.6. The Morgan fingerprint density at radius 2 is 2.22 bits per heavy atom. The molecule has 0 aliphatic carbocycles. The molecule has 0 bridgehead atoms. The molecule has 0 radical (unpaired) electrons. The maximum Gasteiger partial charge on any atom is 0.238 e. The zero-order valence-corrected chi connectivity index (χ0v) is 11.6. The lowest BCUT2D eigenvalue weighted by Crippen LogP contribution is -2.41. The smallest absolute Gasteiger partial charge is 0.238 e. The van der Waals surface area contributed by atoms with Crippen molar-refractivity contribution in [1.82, 2.24) is 14.8 Å². The van der Waals surface area contributed by atoms with Gasteiger partial charge in [-0.1, -0.05) is 0 Å². The highest BCUT2D eigenvalue weighted by atomic mass is 16.2. The van der Waals surface area contributed by atoms with Gasteiger partial charge >= 0.3 is 0 Å². The van der Waals surface area contributed by atoms with Crippen molar-refractivity contribution in [2.24, 2.45) is 7.05 Å². The van der Waals surface area contributed by atoms with Crippen molar-refractivity contribution < 1.29 is 4.79 Å². The SMILES string of the molecule is Cc1c(CNC(C)C(=O)N(C)C)cc(C#N)n1C. The van der Waals surface area contributed by atoms with E-state index in [1.165, 1.54) is 0 Å². The number of likely N-dealkylation sites (N-methyl/N-ethyl adjacent to an activating group) is 1. The summed E-state index contributed by atoms with van der Waals surface area (Å²) in [7, 11) is 5.34. The van der Waals surface area contributed by atoms with E-state index in [1.54, 1.807) is 19.0 Å². The van der Waals surface area contributed by atoms with Crippen LogP contribution in [0.25, 0.3) is 0 Å². The molecule has 0 aromatic carbocycles. The third-order valence-electron chi connectivity index (χ3n) is 3.16. The number of hydrogen-bond donors (Lipinski definition) is 1. The lowest BCUT2D eigenvalue weighted by molar-refractivity contribution is -0.130. The number of nitrogens with one attached hydrogen (secondary N) is 1. The molecule has 0 spiro atoms. The van der Waals surface area contributed by atoms with Gasteiger partial charge in [-0.3, -0.25) is 4.79 Å². The van der Waals surface area contributed by atoms with Crippen molar-refractivity contribution in [3.63, 3.8) is 0 Å². The number of nitrogens with zero attached hydrogens (tertiary/aromatic N) is 3. The summed E-state index contributed by atoms with van der Waals surface area (Å²) in [5.41, 5.74) is 2.73. The molecule has 1 rings (SSSR count). The summed E-state index contributed by atoms with van der Waals surface area (Å²) in [6.07, 6.45) is 0. The van der Waals surface area contributed by atoms with Gasteiger partial charge in [-0.05, 0) is 25.5 Å². The molecule has 18 heavy (non-hydrogen) atoms. The summed E-state index contributed by atoms with van der Waals surface area (Å²) < 4.78 is 1.86. The fourth-order valence-corrected chi connectivity index (χ4v) is 1.79. The lowest BCUT2D eigenvalue weighted by atomic mass is 10.2. The number of aromatic nitrogens is 1. The van der Waals surface area contributed by atoms with Gasteiger partial charge in [-0.2, -0.15) is 5.26 Å². The topological polar surface area (TPSA) is 61.1 Å². The van der Waals surface area contributed by atoms with Crippen LogP contribution in [0, 0.1) is 18.3 Å². The zero-order chi connectivity index (χ0) is 13.9. The Balaban J connectivity index is 2.70. The van der Waals surface area contributed by atoms with E-state index in [0.717, 1.165) is 11.3 Å². The van der Waals surface area contributed by atoms with Crippen LogP contribution in [0.15, 0.2) is 6.07 Å². The van der Waals surface area contributed by atoms with Gasteiger partial charge in [0.2, 0.25) is 5.91 Å². The Labute approximate surface area is 108 Å². The molecule has 1 aromatic rings. The molecule has 0 fully saturated rings. The Hall–Kier alpha value is -1.80. The van der Waals surface area contributed by atoms with Gasteiger partial charge in [-0.25, -0.2) is 0 Å². The predicted octanol–water partition coefficient (Wildman–Crippen LogP) is 0.771. The van der Waals surface area contributed by atoms with Gasteiger partial charge in [0.15, 0.2) is 0 Å². The molecule has 5 nitrogen and oxygen atoms in total. The van der Waals surface area contributed by atoms with Crippen LogP contribution in [-0.4, -0.2) is 35.5 Å². The second-order valence-corrected chi connectivity index (χ2v) is 4.65. The number of rotatable bonds is 4. The van der Waals surface area contributed by atoms with Crippen LogP contribution in [0.3, 0.4) is 0 Å². The number of carbonyl (C=O) groups is 1. The maximum absolute atomic E-state index is 11.7. The first-order valence-electron chi connectivity index (χ1n) is 5.88. The Bertz CT molecular complexity index is 482. The summed E-state index contributed by atoms with van der Waals surface area (Å²) in [6.45, 7) is 4.39. The molecule has 0 aliphatic rings. The Morgan fingerprint density at radius 1 is 1.61 bits per heavy atom. The average Bonchev–Trinajstić information content (AvgIpc) is 2.62. The molecule has 1 atom stereocenters. The van der Waals surface area contributed by atoms with Crippen LogP contribution < -0.4 is 5.32 Å². The number of nitriles is 1. The van der Waals surface area contributed by atoms with Gasteiger partial charge in [-0.15, -0.1) is 0 Å². The van der Waals surface area contributed by atoms with Crippen molar-refractivity contribution in [1.29, 1.82) is 5.26 Å². The normalized spacial score (nSPS) is 12.0. The van der Waals surface area contributed by atoms with Gasteiger partial charge in [0.05, 0.1) is 6.04 Å². The monoisotopic (exact) mass is 248 g/mol. The molecular weight excluding hydrogens is 228 g/mol. The Kier molecular flexibility index (Phi) is 4.51. The van der Waals surface area contributed by atoms with Crippen molar-refractivity contribution in [2.75, 3.05) is 14.1 Å². The van der Waals surface area contributed by atoms with Gasteiger partial charge < -0.3 is 14.8 Å². The number of carbonyl (C=O) groups excluding carboxylic acids is 1. The summed E-state index contributed by atoms with van der Waals surface area (Å²) in [4.78, 5) is 13.2. The molecule has 0 saturated heterocycles. The predicted molar refractivity (Wildman–Crippen MR) is 69.9 cm³/mol. The van der Waals surface area contributed by atoms with Crippen LogP contribution in [0.4, 0.5) is 0 Å². The van der Waals surface area contributed by atoms with Crippen LogP contribution in [0.1, 0.15) is 23.9 Å². The first-order chi connectivity index (χ1) is 8.38. The van der Waals surface area contributed by atoms with E-state index < -0.39 is 0 Å². The average molecular weight is 248 g/mol. The van der Waals surface area contributed by atoms with Gasteiger partial charge in [0.1, 0.15) is 11.8 Å². The van der Waals surface area contributed by atoms with Crippen molar-refractivity contribution in [3.05, 3.63) is 23.0 Å². The summed E-state index contributed by atoms with van der Waals surface area (Å²) >= 11 is 0. The molecule has 5 heteroatoms. The van der Waals surface area contributed by atoms with Crippen molar-refractivity contribution >= 4 is 5.91 Å². The molecule has 98 valence electrons. The number of hydrogen-bond acceptors (Lipinski definition) is 3. The molecule has 1 aromatic heterocycles. The first-order valence-corrected chi connectivity index (χ1v) is 5.88. The van der Waals surface area contributed by atoms with E-state index >= 15 is 0 Å². The second kappa shape index (κ2) is 5.69. The standard InChI is InChI=1S/C13H20N4O/c1-9(13(18)16(3)4)15-8-11-6-12(7-14)17(5)10(11)2/h6,9,15H,8H2,1-5H3. The highest BCUT2D eigenvalue weighted by molar-refractivity contribution is 5.80. The lowest BCUT2D eigenvalue weighted by Gasteiger charge is -2.18. The summed E-state index contributed by atoms with van der Waals surface area (Å²) in [5, 5.41) is 12.1. The minimum Gasteiger partial charge on any atom is -0.347 e. The maximum atomic E-state index is 11.7. The Morgan fingerprint density at radius 3 is 2.67 bits per heavy atom. The summed E-state index contributed by atoms with van der Waals surface area (Å²) in [6, 6.07) is 3.77.